The van der Waals surface area contributed by atoms with E-state index in [1.54, 1.807) is 66.7 Å². The first-order chi connectivity index (χ1) is 22.0. The lowest BCUT2D eigenvalue weighted by Crippen LogP contribution is -2.16. The van der Waals surface area contributed by atoms with Gasteiger partial charge in [-0.1, -0.05) is 36.4 Å². The van der Waals surface area contributed by atoms with Crippen molar-refractivity contribution in [2.75, 3.05) is 0 Å². The van der Waals surface area contributed by atoms with Crippen molar-refractivity contribution in [2.45, 2.75) is 12.4 Å². The Morgan fingerprint density at radius 2 is 1.04 bits per heavy atom. The molecule has 0 spiro atoms. The largest absolute Gasteiger partial charge is 0.418 e. The van der Waals surface area contributed by atoms with E-state index >= 15 is 0 Å². The molecule has 2 heterocycles. The molecule has 0 radical (unpaired) electrons. The average Bonchev–Trinajstić information content (AvgIpc) is 3.55. The lowest BCUT2D eigenvalue weighted by Gasteiger charge is -2.19. The first-order valence-electron chi connectivity index (χ1n) is 13.6. The van der Waals surface area contributed by atoms with Gasteiger partial charge in [0.15, 0.2) is 0 Å². The van der Waals surface area contributed by atoms with Crippen molar-refractivity contribution in [3.8, 4) is 29.6 Å². The molecule has 46 heavy (non-hydrogen) atoms. The predicted octanol–water partition coefficient (Wildman–Crippen LogP) is 9.53. The molecule has 5 nitrogen and oxygen atoms in total. The lowest BCUT2D eigenvalue weighted by atomic mass is 10.0. The Labute approximate surface area is 255 Å². The number of rotatable bonds is 2. The molecule has 0 N–H and O–H groups in total. The molecule has 7 aromatic rings. The third kappa shape index (κ3) is 4.16. The first-order valence-corrected chi connectivity index (χ1v) is 13.6. The molecule has 0 unspecified atom stereocenters. The van der Waals surface area contributed by atoms with Crippen LogP contribution in [0.1, 0.15) is 27.8 Å². The molecular weight excluding hydrogens is 604 g/mol. The molecule has 0 amide bonds. The highest BCUT2D eigenvalue weighted by Crippen LogP contribution is 2.46. The fourth-order valence-electron chi connectivity index (χ4n) is 6.25. The van der Waals surface area contributed by atoms with Crippen LogP contribution in [0.2, 0.25) is 0 Å². The highest BCUT2D eigenvalue weighted by atomic mass is 19.4. The summed E-state index contributed by atoms with van der Waals surface area (Å²) in [5.74, 6) is 0. The molecule has 0 saturated heterocycles. The number of alkyl halides is 6. The van der Waals surface area contributed by atoms with Crippen LogP contribution in [0.25, 0.3) is 55.0 Å². The van der Waals surface area contributed by atoms with Crippen LogP contribution < -0.4 is 0 Å². The Morgan fingerprint density at radius 3 is 1.54 bits per heavy atom. The van der Waals surface area contributed by atoms with E-state index in [0.717, 1.165) is 0 Å². The fourth-order valence-corrected chi connectivity index (χ4v) is 6.25. The van der Waals surface area contributed by atoms with Gasteiger partial charge in [-0.05, 0) is 54.6 Å². The summed E-state index contributed by atoms with van der Waals surface area (Å²) >= 11 is 0. The maximum absolute atomic E-state index is 14.6. The third-order valence-corrected chi connectivity index (χ3v) is 7.99. The Morgan fingerprint density at radius 1 is 0.522 bits per heavy atom. The van der Waals surface area contributed by atoms with Gasteiger partial charge in [0.1, 0.15) is 6.07 Å². The van der Waals surface area contributed by atoms with Crippen molar-refractivity contribution in [2.24, 2.45) is 0 Å². The third-order valence-electron chi connectivity index (χ3n) is 7.99. The SMILES string of the molecule is N#Cc1cc(C#N)cc(-n2c3ccccc3c3c4c5ccccc5n(-c5c(C#N)cc(C(F)(F)F)cc5C(F)(F)F)c4ccc32)c1. The molecule has 7 rings (SSSR count). The lowest BCUT2D eigenvalue weighted by molar-refractivity contribution is -0.143. The van der Waals surface area contributed by atoms with Crippen LogP contribution in [0.3, 0.4) is 0 Å². The summed E-state index contributed by atoms with van der Waals surface area (Å²) in [6.45, 7) is 0. The van der Waals surface area contributed by atoms with Crippen LogP contribution in [0, 0.1) is 34.0 Å². The van der Waals surface area contributed by atoms with Crippen molar-refractivity contribution in [3.05, 3.63) is 119 Å². The Balaban J connectivity index is 1.69. The van der Waals surface area contributed by atoms with Crippen molar-refractivity contribution in [1.29, 1.82) is 15.8 Å². The summed E-state index contributed by atoms with van der Waals surface area (Å²) in [4.78, 5) is 0. The van der Waals surface area contributed by atoms with E-state index in [-0.39, 0.29) is 28.2 Å². The molecule has 5 aromatic carbocycles. The number of halogens is 6. The zero-order valence-corrected chi connectivity index (χ0v) is 23.2. The number of benzene rings is 5. The summed E-state index contributed by atoms with van der Waals surface area (Å²) in [6.07, 6.45) is -10.3. The Hall–Kier alpha value is -6.25. The number of aromatic nitrogens is 2. The van der Waals surface area contributed by atoms with Crippen molar-refractivity contribution < 1.29 is 26.3 Å². The fraction of sp³-hybridized carbons (Fsp3) is 0.0571. The second-order valence-corrected chi connectivity index (χ2v) is 10.6. The zero-order valence-electron chi connectivity index (χ0n) is 23.2. The van der Waals surface area contributed by atoms with Gasteiger partial charge >= 0.3 is 12.4 Å². The molecular formula is C35H15F6N5. The second-order valence-electron chi connectivity index (χ2n) is 10.6. The van der Waals surface area contributed by atoms with E-state index in [4.69, 9.17) is 0 Å². The van der Waals surface area contributed by atoms with E-state index in [9.17, 15) is 42.1 Å². The molecule has 0 aliphatic carbocycles. The van der Waals surface area contributed by atoms with Gasteiger partial charge in [-0.25, -0.2) is 0 Å². The molecule has 222 valence electrons. The average molecular weight is 620 g/mol. The van der Waals surface area contributed by atoms with Crippen LogP contribution in [0.15, 0.2) is 91.0 Å². The van der Waals surface area contributed by atoms with Crippen LogP contribution in [-0.2, 0) is 12.4 Å². The van der Waals surface area contributed by atoms with E-state index in [1.165, 1.54) is 10.6 Å². The molecule has 0 saturated carbocycles. The van der Waals surface area contributed by atoms with Crippen LogP contribution in [0.4, 0.5) is 26.3 Å². The summed E-state index contributed by atoms with van der Waals surface area (Å²) in [7, 11) is 0. The number of nitrogens with zero attached hydrogens (tertiary/aromatic N) is 5. The molecule has 2 aromatic heterocycles. The minimum Gasteiger partial charge on any atom is -0.309 e. The van der Waals surface area contributed by atoms with Gasteiger partial charge in [0.05, 0.1) is 67.7 Å². The van der Waals surface area contributed by atoms with Crippen LogP contribution in [-0.4, -0.2) is 9.13 Å². The quantitative estimate of drug-likeness (QED) is 0.181. The minimum atomic E-state index is -5.23. The van der Waals surface area contributed by atoms with E-state index in [0.29, 0.717) is 44.3 Å². The summed E-state index contributed by atoms with van der Waals surface area (Å²) in [5.41, 5.74) is -1.87. The molecule has 0 fully saturated rings. The number of fused-ring (bicyclic) bond motifs is 7. The molecule has 0 aliphatic heterocycles. The van der Waals surface area contributed by atoms with E-state index in [1.807, 2.05) is 16.7 Å². The van der Waals surface area contributed by atoms with Crippen molar-refractivity contribution in [3.63, 3.8) is 0 Å². The number of para-hydroxylation sites is 2. The first kappa shape index (κ1) is 28.5. The van der Waals surface area contributed by atoms with Gasteiger partial charge in [-0.3, -0.25) is 0 Å². The van der Waals surface area contributed by atoms with Crippen LogP contribution >= 0.6 is 0 Å². The maximum atomic E-state index is 14.6. The zero-order chi connectivity index (χ0) is 32.5. The van der Waals surface area contributed by atoms with Crippen LogP contribution in [0.5, 0.6) is 0 Å². The van der Waals surface area contributed by atoms with E-state index < -0.39 is 34.7 Å². The predicted molar refractivity (Wildman–Crippen MR) is 159 cm³/mol. The minimum absolute atomic E-state index is 0.0378. The monoisotopic (exact) mass is 619 g/mol. The second kappa shape index (κ2) is 9.88. The number of hydrogen-bond acceptors (Lipinski definition) is 3. The topological polar surface area (TPSA) is 81.2 Å². The molecule has 0 aliphatic rings. The summed E-state index contributed by atoms with van der Waals surface area (Å²) in [5, 5.41) is 31.5. The Kier molecular flexibility index (Phi) is 6.13. The van der Waals surface area contributed by atoms with Gasteiger partial charge in [-0.15, -0.1) is 0 Å². The maximum Gasteiger partial charge on any atom is 0.418 e. The highest BCUT2D eigenvalue weighted by Gasteiger charge is 2.41. The van der Waals surface area contributed by atoms with Gasteiger partial charge < -0.3 is 9.13 Å². The standard InChI is InChI=1S/C35H15F6N5/c36-34(37,38)22-14-21(18-44)33(26(15-22)35(39,40)41)46-28-8-4-2-6-25(28)32-30(46)10-9-29-31(32)24-5-1-3-7-27(24)45(29)23-12-19(16-42)11-20(13-23)17-43/h1-15H. The number of hydrogen-bond donors (Lipinski definition) is 0. The van der Waals surface area contributed by atoms with Gasteiger partial charge in [0.25, 0.3) is 0 Å². The Bertz CT molecular complexity index is 2510. The summed E-state index contributed by atoms with van der Waals surface area (Å²) in [6, 6.07) is 27.9. The molecule has 0 atom stereocenters. The number of nitriles is 3. The van der Waals surface area contributed by atoms with Gasteiger partial charge in [-0.2, -0.15) is 42.1 Å². The van der Waals surface area contributed by atoms with Gasteiger partial charge in [0.2, 0.25) is 0 Å². The van der Waals surface area contributed by atoms with Crippen molar-refractivity contribution >= 4 is 43.6 Å². The van der Waals surface area contributed by atoms with Crippen molar-refractivity contribution in [1.82, 2.24) is 9.13 Å². The molecule has 11 heteroatoms. The molecule has 0 bridgehead atoms. The highest BCUT2D eigenvalue weighted by molar-refractivity contribution is 6.29. The van der Waals surface area contributed by atoms with E-state index in [2.05, 4.69) is 12.1 Å². The summed E-state index contributed by atoms with van der Waals surface area (Å²) < 4.78 is 87.8. The smallest absolute Gasteiger partial charge is 0.309 e. The normalized spacial score (nSPS) is 12.1. The van der Waals surface area contributed by atoms with Gasteiger partial charge in [0, 0.05) is 27.2 Å².